The summed E-state index contributed by atoms with van der Waals surface area (Å²) in [7, 11) is 0. The summed E-state index contributed by atoms with van der Waals surface area (Å²) in [6.45, 7) is 6.57. The number of hydrogen-bond donors (Lipinski definition) is 2. The number of para-hydroxylation sites is 1. The van der Waals surface area contributed by atoms with Crippen LogP contribution in [0, 0.1) is 6.92 Å². The maximum Gasteiger partial charge on any atom is 0.191 e. The summed E-state index contributed by atoms with van der Waals surface area (Å²) in [4.78, 5) is 13.4. The van der Waals surface area contributed by atoms with Crippen molar-refractivity contribution in [1.29, 1.82) is 0 Å². The molecule has 0 aliphatic rings. The minimum atomic E-state index is 0.547. The number of guanidine groups is 1. The summed E-state index contributed by atoms with van der Waals surface area (Å²) in [6, 6.07) is 13.8. The van der Waals surface area contributed by atoms with Gasteiger partial charge in [-0.3, -0.25) is 4.57 Å². The largest absolute Gasteiger partial charge is 0.492 e. The highest BCUT2D eigenvalue weighted by molar-refractivity contribution is 5.79. The molecule has 3 aromatic rings. The first-order valence-electron chi connectivity index (χ1n) is 9.41. The average molecular weight is 378 g/mol. The molecule has 0 bridgehead atoms. The van der Waals surface area contributed by atoms with Crippen molar-refractivity contribution in [1.82, 2.24) is 25.2 Å². The molecule has 2 heterocycles. The summed E-state index contributed by atoms with van der Waals surface area (Å²) in [5.41, 5.74) is 1.04. The summed E-state index contributed by atoms with van der Waals surface area (Å²) < 4.78 is 7.64. The predicted octanol–water partition coefficient (Wildman–Crippen LogP) is 2.71. The van der Waals surface area contributed by atoms with Gasteiger partial charge >= 0.3 is 0 Å². The van der Waals surface area contributed by atoms with E-state index in [1.165, 1.54) is 0 Å². The van der Waals surface area contributed by atoms with Crippen LogP contribution in [-0.4, -0.2) is 40.2 Å². The van der Waals surface area contributed by atoms with Crippen LogP contribution in [0.5, 0.6) is 5.75 Å². The molecule has 28 heavy (non-hydrogen) atoms. The summed E-state index contributed by atoms with van der Waals surface area (Å²) in [5, 5.41) is 6.53. The van der Waals surface area contributed by atoms with E-state index in [0.29, 0.717) is 19.7 Å². The first-order valence-corrected chi connectivity index (χ1v) is 9.41. The molecule has 0 saturated carbocycles. The molecule has 7 nitrogen and oxygen atoms in total. The minimum absolute atomic E-state index is 0.547. The molecule has 0 amide bonds. The smallest absolute Gasteiger partial charge is 0.191 e. The number of rotatable bonds is 8. The van der Waals surface area contributed by atoms with Crippen LogP contribution in [0.1, 0.15) is 18.3 Å². The van der Waals surface area contributed by atoms with Crippen LogP contribution in [0.2, 0.25) is 0 Å². The second kappa shape index (κ2) is 10.1. The Bertz CT molecular complexity index is 873. The van der Waals surface area contributed by atoms with E-state index in [4.69, 9.17) is 4.74 Å². The quantitative estimate of drug-likeness (QED) is 0.358. The second-order valence-electron chi connectivity index (χ2n) is 6.15. The van der Waals surface area contributed by atoms with Crippen molar-refractivity contribution in [2.45, 2.75) is 20.4 Å². The van der Waals surface area contributed by atoms with Crippen LogP contribution in [0.3, 0.4) is 0 Å². The molecular weight excluding hydrogens is 352 g/mol. The fraction of sp³-hybridized carbons (Fsp3) is 0.286. The molecule has 7 heteroatoms. The fourth-order valence-corrected chi connectivity index (χ4v) is 2.64. The molecule has 2 N–H and O–H groups in total. The van der Waals surface area contributed by atoms with Crippen LogP contribution in [0.25, 0.3) is 5.82 Å². The zero-order valence-electron chi connectivity index (χ0n) is 16.3. The van der Waals surface area contributed by atoms with E-state index < -0.39 is 0 Å². The van der Waals surface area contributed by atoms with E-state index >= 15 is 0 Å². The van der Waals surface area contributed by atoms with Crippen LogP contribution < -0.4 is 15.4 Å². The number of pyridine rings is 1. The van der Waals surface area contributed by atoms with E-state index in [1.54, 1.807) is 6.20 Å². The van der Waals surface area contributed by atoms with E-state index in [1.807, 2.05) is 73.3 Å². The predicted molar refractivity (Wildman–Crippen MR) is 111 cm³/mol. The molecule has 3 rings (SSSR count). The third-order valence-electron chi connectivity index (χ3n) is 4.05. The van der Waals surface area contributed by atoms with Crippen LogP contribution in [0.15, 0.2) is 66.0 Å². The summed E-state index contributed by atoms with van der Waals surface area (Å²) in [5.74, 6) is 3.39. The Kier molecular flexibility index (Phi) is 7.01. The van der Waals surface area contributed by atoms with Gasteiger partial charge in [-0.15, -0.1) is 0 Å². The number of imidazole rings is 1. The zero-order chi connectivity index (χ0) is 19.6. The van der Waals surface area contributed by atoms with Crippen molar-refractivity contribution in [3.05, 3.63) is 72.4 Å². The monoisotopic (exact) mass is 378 g/mol. The molecule has 146 valence electrons. The van der Waals surface area contributed by atoms with E-state index in [0.717, 1.165) is 35.5 Å². The number of benzene rings is 1. The average Bonchev–Trinajstić information content (AvgIpc) is 3.16. The third-order valence-corrected chi connectivity index (χ3v) is 4.05. The molecule has 0 saturated heterocycles. The number of aliphatic imine (C=N–C) groups is 1. The van der Waals surface area contributed by atoms with Gasteiger partial charge in [0, 0.05) is 25.1 Å². The Labute approximate surface area is 165 Å². The highest BCUT2D eigenvalue weighted by Gasteiger charge is 2.02. The number of aryl methyl sites for hydroxylation is 1. The van der Waals surface area contributed by atoms with Gasteiger partial charge in [-0.25, -0.2) is 15.0 Å². The number of hydrogen-bond acceptors (Lipinski definition) is 4. The van der Waals surface area contributed by atoms with Gasteiger partial charge in [0.05, 0.1) is 13.1 Å². The number of nitrogens with one attached hydrogen (secondary N) is 2. The van der Waals surface area contributed by atoms with Crippen molar-refractivity contribution in [3.63, 3.8) is 0 Å². The van der Waals surface area contributed by atoms with Gasteiger partial charge in [0.25, 0.3) is 0 Å². The molecule has 2 aromatic heterocycles. The molecular formula is C21H26N6O. The molecule has 0 radical (unpaired) electrons. The minimum Gasteiger partial charge on any atom is -0.492 e. The van der Waals surface area contributed by atoms with E-state index in [2.05, 4.69) is 25.6 Å². The van der Waals surface area contributed by atoms with Gasteiger partial charge in [0.15, 0.2) is 5.96 Å². The number of nitrogens with zero attached hydrogens (tertiary/aromatic N) is 4. The van der Waals surface area contributed by atoms with Crippen LogP contribution in [-0.2, 0) is 6.54 Å². The lowest BCUT2D eigenvalue weighted by atomic mass is 10.3. The third kappa shape index (κ3) is 5.57. The van der Waals surface area contributed by atoms with Crippen molar-refractivity contribution < 1.29 is 4.74 Å². The summed E-state index contributed by atoms with van der Waals surface area (Å²) in [6.07, 6.45) is 5.52. The highest BCUT2D eigenvalue weighted by Crippen LogP contribution is 2.09. The molecule has 0 unspecified atom stereocenters. The zero-order valence-corrected chi connectivity index (χ0v) is 16.3. The number of aromatic nitrogens is 3. The molecule has 0 aliphatic heterocycles. The standard InChI is InChI=1S/C21H26N6O/c1-3-22-21(24-12-14-28-19-7-5-4-6-8-19)26-16-18-9-10-20(25-15-18)27-13-11-23-17(27)2/h4-11,13,15H,3,12,14,16H2,1-2H3,(H2,22,24,26). The van der Waals surface area contributed by atoms with Crippen molar-refractivity contribution >= 4 is 5.96 Å². The van der Waals surface area contributed by atoms with Crippen LogP contribution in [0.4, 0.5) is 0 Å². The van der Waals surface area contributed by atoms with Crippen LogP contribution >= 0.6 is 0 Å². The van der Waals surface area contributed by atoms with Gasteiger partial charge in [0.2, 0.25) is 0 Å². The normalized spacial score (nSPS) is 11.3. The lowest BCUT2D eigenvalue weighted by molar-refractivity contribution is 0.322. The van der Waals surface area contributed by atoms with Gasteiger partial charge in [-0.1, -0.05) is 24.3 Å². The molecule has 0 atom stereocenters. The van der Waals surface area contributed by atoms with E-state index in [9.17, 15) is 0 Å². The topological polar surface area (TPSA) is 76.4 Å². The van der Waals surface area contributed by atoms with Crippen molar-refractivity contribution in [3.8, 4) is 11.6 Å². The van der Waals surface area contributed by atoms with Gasteiger partial charge < -0.3 is 15.4 Å². The maximum atomic E-state index is 5.69. The van der Waals surface area contributed by atoms with Gasteiger partial charge in [0.1, 0.15) is 24.0 Å². The lowest BCUT2D eigenvalue weighted by Crippen LogP contribution is -2.39. The lowest BCUT2D eigenvalue weighted by Gasteiger charge is -2.12. The second-order valence-corrected chi connectivity index (χ2v) is 6.15. The maximum absolute atomic E-state index is 5.69. The SMILES string of the molecule is CCNC(=NCc1ccc(-n2ccnc2C)nc1)NCCOc1ccccc1. The Morgan fingerprint density at radius 3 is 2.64 bits per heavy atom. The van der Waals surface area contributed by atoms with Gasteiger partial charge in [-0.05, 0) is 37.6 Å². The first kappa shape index (κ1) is 19.4. The van der Waals surface area contributed by atoms with Crippen molar-refractivity contribution in [2.24, 2.45) is 4.99 Å². The molecule has 0 spiro atoms. The molecule has 0 fully saturated rings. The Hall–Kier alpha value is -3.35. The highest BCUT2D eigenvalue weighted by atomic mass is 16.5. The van der Waals surface area contributed by atoms with Crippen molar-refractivity contribution in [2.75, 3.05) is 19.7 Å². The Balaban J connectivity index is 1.51. The fourth-order valence-electron chi connectivity index (χ4n) is 2.64. The molecule has 1 aromatic carbocycles. The Morgan fingerprint density at radius 2 is 1.96 bits per heavy atom. The molecule has 0 aliphatic carbocycles. The summed E-state index contributed by atoms with van der Waals surface area (Å²) >= 11 is 0. The Morgan fingerprint density at radius 1 is 1.11 bits per heavy atom. The first-order chi connectivity index (χ1) is 13.8. The number of ether oxygens (including phenoxy) is 1. The van der Waals surface area contributed by atoms with E-state index in [-0.39, 0.29) is 0 Å². The van der Waals surface area contributed by atoms with Gasteiger partial charge in [-0.2, -0.15) is 0 Å².